The first-order chi connectivity index (χ1) is 24.8. The lowest BCUT2D eigenvalue weighted by Crippen LogP contribution is -2.56. The van der Waals surface area contributed by atoms with E-state index in [1.54, 1.807) is 17.7 Å². The number of amides is 2. The Morgan fingerprint density at radius 3 is 2.50 bits per heavy atom. The molecule has 274 valence electrons. The second-order valence-corrected chi connectivity index (χ2v) is 16.0. The SMILES string of the molecule is COc1cc2c(cc1PCC(C)CC(C)(C)N1CCN(C(=O)c3nc(-c4ccc(C(F)(F)F)cc4)n4ccccc34)CC1)N=CC1CCCN1C2=O. The maximum atomic E-state index is 13.9. The number of carbonyl (C=O) groups is 2. The van der Waals surface area contributed by atoms with Gasteiger partial charge in [-0.2, -0.15) is 13.2 Å². The van der Waals surface area contributed by atoms with E-state index in [0.717, 1.165) is 60.8 Å². The number of nitrogens with zero attached hydrogens (tertiary/aromatic N) is 6. The summed E-state index contributed by atoms with van der Waals surface area (Å²) in [4.78, 5) is 42.7. The molecule has 7 rings (SSSR count). The number of aromatic nitrogens is 2. The number of piperazine rings is 1. The molecule has 13 heteroatoms. The lowest BCUT2D eigenvalue weighted by Gasteiger charge is -2.45. The van der Waals surface area contributed by atoms with Gasteiger partial charge in [0.25, 0.3) is 11.8 Å². The summed E-state index contributed by atoms with van der Waals surface area (Å²) < 4.78 is 47.1. The van der Waals surface area contributed by atoms with Gasteiger partial charge in [-0.25, -0.2) is 4.98 Å². The number of hydrogen-bond donors (Lipinski definition) is 0. The average molecular weight is 733 g/mol. The fraction of sp³-hybridized carbons (Fsp3) is 0.436. The zero-order chi connectivity index (χ0) is 36.8. The highest BCUT2D eigenvalue weighted by molar-refractivity contribution is 7.47. The predicted octanol–water partition coefficient (Wildman–Crippen LogP) is 6.92. The third-order valence-electron chi connectivity index (χ3n) is 10.6. The molecule has 0 spiro atoms. The van der Waals surface area contributed by atoms with Crippen LogP contribution >= 0.6 is 8.58 Å². The molecule has 0 saturated carbocycles. The minimum atomic E-state index is -4.43. The summed E-state index contributed by atoms with van der Waals surface area (Å²) in [5.41, 5.74) is 1.91. The van der Waals surface area contributed by atoms with Crippen LogP contribution in [0.25, 0.3) is 16.9 Å². The van der Waals surface area contributed by atoms with Crippen LogP contribution < -0.4 is 10.0 Å². The maximum Gasteiger partial charge on any atom is 0.416 e. The van der Waals surface area contributed by atoms with E-state index in [-0.39, 0.29) is 23.4 Å². The lowest BCUT2D eigenvalue weighted by atomic mass is 9.90. The molecule has 0 aliphatic carbocycles. The Morgan fingerprint density at radius 1 is 1.04 bits per heavy atom. The third-order valence-corrected chi connectivity index (χ3v) is 12.3. The number of alkyl halides is 3. The number of rotatable bonds is 9. The Morgan fingerprint density at radius 2 is 1.79 bits per heavy atom. The summed E-state index contributed by atoms with van der Waals surface area (Å²) >= 11 is 0. The van der Waals surface area contributed by atoms with Gasteiger partial charge in [0, 0.05) is 61.5 Å². The van der Waals surface area contributed by atoms with Gasteiger partial charge in [0.15, 0.2) is 5.69 Å². The van der Waals surface area contributed by atoms with Crippen molar-refractivity contribution >= 4 is 43.1 Å². The van der Waals surface area contributed by atoms with Crippen LogP contribution in [0.3, 0.4) is 0 Å². The molecule has 3 aliphatic heterocycles. The van der Waals surface area contributed by atoms with Gasteiger partial charge in [0.05, 0.1) is 35.5 Å². The van der Waals surface area contributed by atoms with Crippen molar-refractivity contribution in [1.29, 1.82) is 0 Å². The molecule has 2 fully saturated rings. The molecule has 0 bridgehead atoms. The summed E-state index contributed by atoms with van der Waals surface area (Å²) in [6.07, 6.45) is 3.15. The lowest BCUT2D eigenvalue weighted by molar-refractivity contribution is -0.137. The zero-order valence-electron chi connectivity index (χ0n) is 29.9. The number of benzene rings is 2. The maximum absolute atomic E-state index is 13.9. The average Bonchev–Trinajstić information content (AvgIpc) is 3.74. The zero-order valence-corrected chi connectivity index (χ0v) is 30.9. The van der Waals surface area contributed by atoms with Crippen molar-refractivity contribution < 1.29 is 27.5 Å². The number of carbonyl (C=O) groups excluding carboxylic acids is 2. The van der Waals surface area contributed by atoms with Gasteiger partial charge in [-0.15, -0.1) is 0 Å². The third kappa shape index (κ3) is 7.07. The molecule has 2 amide bonds. The first-order valence-electron chi connectivity index (χ1n) is 17.8. The predicted molar refractivity (Wildman–Crippen MR) is 199 cm³/mol. The number of methoxy groups -OCH3 is 1. The molecule has 5 heterocycles. The van der Waals surface area contributed by atoms with Crippen LogP contribution in [0.4, 0.5) is 18.9 Å². The van der Waals surface area contributed by atoms with Crippen LogP contribution in [0, 0.1) is 5.92 Å². The monoisotopic (exact) mass is 732 g/mol. The molecule has 4 aromatic rings. The highest BCUT2D eigenvalue weighted by Gasteiger charge is 2.35. The van der Waals surface area contributed by atoms with E-state index in [0.29, 0.717) is 68.8 Å². The molecule has 0 radical (unpaired) electrons. The minimum absolute atomic E-state index is 0.0290. The first-order valence-corrected chi connectivity index (χ1v) is 19.0. The highest BCUT2D eigenvalue weighted by atomic mass is 31.1. The Bertz CT molecular complexity index is 2000. The van der Waals surface area contributed by atoms with Crippen LogP contribution in [-0.2, 0) is 6.18 Å². The number of imidazole rings is 1. The number of hydrogen-bond acceptors (Lipinski definition) is 6. The fourth-order valence-electron chi connectivity index (χ4n) is 7.88. The number of halogens is 3. The molecule has 3 aliphatic rings. The smallest absolute Gasteiger partial charge is 0.416 e. The highest BCUT2D eigenvalue weighted by Crippen LogP contribution is 2.36. The second kappa shape index (κ2) is 14.3. The van der Waals surface area contributed by atoms with Gasteiger partial charge in [0.1, 0.15) is 11.6 Å². The van der Waals surface area contributed by atoms with Crippen molar-refractivity contribution in [2.75, 3.05) is 46.0 Å². The van der Waals surface area contributed by atoms with Gasteiger partial charge in [-0.05, 0) is 81.6 Å². The number of pyridine rings is 1. The molecule has 2 aromatic carbocycles. The van der Waals surface area contributed by atoms with Crippen molar-refractivity contribution in [2.24, 2.45) is 10.9 Å². The first kappa shape index (κ1) is 36.1. The number of ether oxygens (including phenoxy) is 1. The number of fused-ring (bicyclic) bond motifs is 3. The Labute approximate surface area is 303 Å². The van der Waals surface area contributed by atoms with Crippen LogP contribution in [0.15, 0.2) is 65.8 Å². The molecule has 0 N–H and O–H groups in total. The van der Waals surface area contributed by atoms with Crippen molar-refractivity contribution in [1.82, 2.24) is 24.1 Å². The molecular weight excluding hydrogens is 688 g/mol. The van der Waals surface area contributed by atoms with E-state index < -0.39 is 11.7 Å². The summed E-state index contributed by atoms with van der Waals surface area (Å²) in [5, 5.41) is 1.08. The molecule has 2 aromatic heterocycles. The van der Waals surface area contributed by atoms with Gasteiger partial charge in [0.2, 0.25) is 0 Å². The van der Waals surface area contributed by atoms with E-state index in [9.17, 15) is 22.8 Å². The summed E-state index contributed by atoms with van der Waals surface area (Å²) in [6, 6.07) is 14.3. The summed E-state index contributed by atoms with van der Waals surface area (Å²) in [7, 11) is 2.16. The van der Waals surface area contributed by atoms with E-state index in [1.807, 2.05) is 46.3 Å². The molecule has 3 unspecified atom stereocenters. The molecule has 52 heavy (non-hydrogen) atoms. The van der Waals surface area contributed by atoms with Crippen LogP contribution in [0.5, 0.6) is 5.75 Å². The standard InChI is InChI=1S/C39H44F3N6O3P/c1-25(24-52-33-21-30-29(20-32(33)51-4)36(49)47-15-7-8-28(47)23-43-30)22-38(2,3)46-18-16-45(17-19-46)37(50)34-31-9-5-6-14-48(31)35(44-34)26-10-12-27(13-11-26)39(40,41)42/h5-6,9-14,20-21,23,25,28,52H,7-8,15-19,22,24H2,1-4H3. The van der Waals surface area contributed by atoms with E-state index in [1.165, 1.54) is 12.1 Å². The molecule has 2 saturated heterocycles. The quantitative estimate of drug-likeness (QED) is 0.175. The largest absolute Gasteiger partial charge is 0.496 e. The number of aliphatic imine (C=N–C) groups is 1. The van der Waals surface area contributed by atoms with Gasteiger partial charge >= 0.3 is 6.18 Å². The summed E-state index contributed by atoms with van der Waals surface area (Å²) in [5.74, 6) is 1.42. The molecular formula is C39H44F3N6O3P. The van der Waals surface area contributed by atoms with Gasteiger partial charge in [-0.1, -0.05) is 33.7 Å². The minimum Gasteiger partial charge on any atom is -0.496 e. The Kier molecular flexibility index (Phi) is 9.91. The molecule has 3 atom stereocenters. The van der Waals surface area contributed by atoms with Crippen LogP contribution in [0.1, 0.15) is 66.4 Å². The normalized spacial score (nSPS) is 19.0. The van der Waals surface area contributed by atoms with Crippen molar-refractivity contribution in [3.8, 4) is 17.1 Å². The Balaban J connectivity index is 0.978. The van der Waals surface area contributed by atoms with Crippen molar-refractivity contribution in [3.63, 3.8) is 0 Å². The summed E-state index contributed by atoms with van der Waals surface area (Å²) in [6.45, 7) is 10.1. The van der Waals surface area contributed by atoms with E-state index in [4.69, 9.17) is 9.73 Å². The second-order valence-electron chi connectivity index (χ2n) is 14.7. The van der Waals surface area contributed by atoms with E-state index >= 15 is 0 Å². The topological polar surface area (TPSA) is 82.8 Å². The van der Waals surface area contributed by atoms with Gasteiger partial charge in [-0.3, -0.25) is 23.9 Å². The van der Waals surface area contributed by atoms with Crippen molar-refractivity contribution in [3.05, 3.63) is 77.6 Å². The Hall–Kier alpha value is -4.28. The van der Waals surface area contributed by atoms with Gasteiger partial charge < -0.3 is 14.5 Å². The molecule has 9 nitrogen and oxygen atoms in total. The van der Waals surface area contributed by atoms with Crippen molar-refractivity contribution in [2.45, 2.75) is 57.8 Å². The fourth-order valence-corrected chi connectivity index (χ4v) is 9.18. The van der Waals surface area contributed by atoms with Crippen LogP contribution in [-0.4, -0.2) is 99.7 Å². The van der Waals surface area contributed by atoms with E-state index in [2.05, 4.69) is 30.7 Å². The van der Waals surface area contributed by atoms with Crippen LogP contribution in [0.2, 0.25) is 0 Å².